The summed E-state index contributed by atoms with van der Waals surface area (Å²) in [6, 6.07) is -1.71. The molecule has 0 radical (unpaired) electrons. The van der Waals surface area contributed by atoms with Crippen LogP contribution in [0.5, 0.6) is 0 Å². The van der Waals surface area contributed by atoms with Crippen LogP contribution < -0.4 is 10.6 Å². The molecule has 13 nitrogen and oxygen atoms in total. The van der Waals surface area contributed by atoms with Gasteiger partial charge in [0.2, 0.25) is 11.8 Å². The predicted octanol–water partition coefficient (Wildman–Crippen LogP) is -1.02. The lowest BCUT2D eigenvalue weighted by molar-refractivity contribution is -0.0530. The number of hydroxylamine groups is 2. The summed E-state index contributed by atoms with van der Waals surface area (Å²) in [6.07, 6.45) is 1.10. The van der Waals surface area contributed by atoms with Crippen molar-refractivity contribution in [1.82, 2.24) is 30.8 Å². The summed E-state index contributed by atoms with van der Waals surface area (Å²) >= 11 is 0. The van der Waals surface area contributed by atoms with Gasteiger partial charge in [0, 0.05) is 26.2 Å². The third-order valence-corrected chi connectivity index (χ3v) is 6.10. The normalized spacial score (nSPS) is 26.4. The minimum Gasteiger partial charge on any atom is -0.420 e. The van der Waals surface area contributed by atoms with Crippen molar-refractivity contribution < 1.29 is 31.6 Å². The summed E-state index contributed by atoms with van der Waals surface area (Å²) in [5.41, 5.74) is -0.319. The maximum Gasteiger partial charge on any atom is 0.418 e. The Bertz CT molecular complexity index is 872. The molecule has 4 N–H and O–H groups in total. The molecular weight excluding hydrogens is 408 g/mol. The van der Waals surface area contributed by atoms with Crippen molar-refractivity contribution in [3.05, 3.63) is 11.8 Å². The van der Waals surface area contributed by atoms with E-state index in [0.717, 1.165) is 24.4 Å². The quantitative estimate of drug-likeness (QED) is 0.278. The van der Waals surface area contributed by atoms with Crippen molar-refractivity contribution in [3.63, 3.8) is 0 Å². The fourth-order valence-corrected chi connectivity index (χ4v) is 4.46. The highest BCUT2D eigenvalue weighted by atomic mass is 32.3. The van der Waals surface area contributed by atoms with E-state index >= 15 is 0 Å². The second kappa shape index (κ2) is 7.45. The van der Waals surface area contributed by atoms with E-state index in [1.165, 1.54) is 4.90 Å². The van der Waals surface area contributed by atoms with Gasteiger partial charge >= 0.3 is 16.4 Å². The van der Waals surface area contributed by atoms with E-state index in [4.69, 9.17) is 8.97 Å². The van der Waals surface area contributed by atoms with Crippen molar-refractivity contribution in [3.8, 4) is 0 Å². The van der Waals surface area contributed by atoms with Crippen molar-refractivity contribution in [2.45, 2.75) is 37.5 Å². The number of rotatable bonds is 9. The average molecular weight is 432 g/mol. The molecule has 14 heteroatoms. The largest absolute Gasteiger partial charge is 0.420 e. The van der Waals surface area contributed by atoms with Gasteiger partial charge in [0.15, 0.2) is 0 Å². The number of nitrogens with one attached hydrogen (secondary N) is 2. The molecule has 3 atom stereocenters. The molecule has 1 saturated carbocycles. The summed E-state index contributed by atoms with van der Waals surface area (Å²) < 4.78 is 41.5. The zero-order valence-electron chi connectivity index (χ0n) is 15.8. The van der Waals surface area contributed by atoms with Crippen LogP contribution in [0.3, 0.4) is 0 Å². The Kier molecular flexibility index (Phi) is 5.25. The number of fused-ring (bicyclic) bond motifs is 3. The van der Waals surface area contributed by atoms with Crippen LogP contribution in [-0.2, 0) is 14.7 Å². The number of aliphatic hydroxyl groups is 1. The van der Waals surface area contributed by atoms with Crippen LogP contribution in [0, 0.1) is 5.41 Å². The number of carbonyl (C=O) groups excluding carboxylic acids is 1. The van der Waals surface area contributed by atoms with Gasteiger partial charge in [0.05, 0.1) is 6.04 Å². The monoisotopic (exact) mass is 432 g/mol. The average Bonchev–Trinajstić information content (AvgIpc) is 3.14. The lowest BCUT2D eigenvalue weighted by atomic mass is 9.85. The first-order valence-electron chi connectivity index (χ1n) is 9.37. The molecule has 0 aromatic carbocycles. The van der Waals surface area contributed by atoms with E-state index < -0.39 is 34.6 Å². The van der Waals surface area contributed by atoms with E-state index in [2.05, 4.69) is 25.1 Å². The first-order chi connectivity index (χ1) is 13.7. The van der Waals surface area contributed by atoms with Crippen molar-refractivity contribution in [2.75, 3.05) is 33.2 Å². The lowest BCUT2D eigenvalue weighted by Gasteiger charge is -2.34. The number of likely N-dealkylation sites (N-methyl/N-ethyl adjacent to an activating group) is 1. The standard InChI is InChI=1S/C15H24N6O7S/c1-16-4-5-17-7-10(22)13-19-18-12(27-13)9-6-15(2-3-15)11-8-20(9)14(23)21(11)28-29(24,25)26/h9-11,16-17,22H,2-8H2,1H3,(H,24,25,26)/t9-,10-,11-/m0/s1. The molecule has 1 aromatic rings. The van der Waals surface area contributed by atoms with Gasteiger partial charge in [-0.2, -0.15) is 13.5 Å². The summed E-state index contributed by atoms with van der Waals surface area (Å²) in [6.45, 7) is 1.86. The Balaban J connectivity index is 1.49. The summed E-state index contributed by atoms with van der Waals surface area (Å²) in [5.74, 6) is 0.225. The van der Waals surface area contributed by atoms with Gasteiger partial charge in [0.1, 0.15) is 12.1 Å². The number of urea groups is 1. The number of aromatic nitrogens is 2. The Hall–Kier alpha value is -1.84. The highest BCUT2D eigenvalue weighted by Crippen LogP contribution is 2.61. The van der Waals surface area contributed by atoms with Crippen molar-refractivity contribution >= 4 is 16.4 Å². The molecule has 2 saturated heterocycles. The maximum atomic E-state index is 12.7. The number of aliphatic hydroxyl groups excluding tert-OH is 1. The Morgan fingerprint density at radius 1 is 1.38 bits per heavy atom. The summed E-state index contributed by atoms with van der Waals surface area (Å²) in [5, 5.41) is 24.9. The first kappa shape index (κ1) is 20.4. The molecule has 1 spiro atoms. The van der Waals surface area contributed by atoms with Crippen LogP contribution in [0.1, 0.15) is 43.2 Å². The van der Waals surface area contributed by atoms with Gasteiger partial charge in [0.25, 0.3) is 0 Å². The molecular formula is C15H24N6O7S. The smallest absolute Gasteiger partial charge is 0.418 e. The molecule has 162 valence electrons. The molecule has 4 rings (SSSR count). The van der Waals surface area contributed by atoms with Gasteiger partial charge < -0.3 is 25.1 Å². The molecule has 2 aliphatic heterocycles. The number of hydrogen-bond donors (Lipinski definition) is 4. The first-order valence-corrected chi connectivity index (χ1v) is 10.7. The highest BCUT2D eigenvalue weighted by molar-refractivity contribution is 7.80. The molecule has 29 heavy (non-hydrogen) atoms. The Morgan fingerprint density at radius 2 is 2.14 bits per heavy atom. The molecule has 3 heterocycles. The third kappa shape index (κ3) is 3.95. The maximum absolute atomic E-state index is 12.7. The van der Waals surface area contributed by atoms with Crippen LogP contribution in [0.25, 0.3) is 0 Å². The van der Waals surface area contributed by atoms with Gasteiger partial charge in [-0.25, -0.2) is 4.79 Å². The summed E-state index contributed by atoms with van der Waals surface area (Å²) in [7, 11) is -3.00. The molecule has 3 aliphatic rings. The topological polar surface area (TPSA) is 170 Å². The Labute approximate surface area is 167 Å². The minimum absolute atomic E-state index is 0.0432. The Morgan fingerprint density at radius 3 is 2.79 bits per heavy atom. The van der Waals surface area contributed by atoms with Crippen LogP contribution >= 0.6 is 0 Å². The molecule has 0 unspecified atom stereocenters. The van der Waals surface area contributed by atoms with E-state index in [1.54, 1.807) is 0 Å². The number of nitrogens with zero attached hydrogens (tertiary/aromatic N) is 4. The van der Waals surface area contributed by atoms with E-state index in [0.29, 0.717) is 13.0 Å². The van der Waals surface area contributed by atoms with Gasteiger partial charge in [-0.05, 0) is 31.7 Å². The molecule has 1 aliphatic carbocycles. The van der Waals surface area contributed by atoms with Crippen molar-refractivity contribution in [1.29, 1.82) is 0 Å². The van der Waals surface area contributed by atoms with E-state index in [-0.39, 0.29) is 30.3 Å². The summed E-state index contributed by atoms with van der Waals surface area (Å²) in [4.78, 5) is 14.1. The van der Waals surface area contributed by atoms with Gasteiger partial charge in [-0.1, -0.05) is 0 Å². The SMILES string of the molecule is CNCCNC[C@H](O)c1nnc([C@@H]2CC3(CC3)[C@@H]3CN2C(=O)N3OS(=O)(=O)O)o1. The minimum atomic E-state index is -4.82. The molecule has 1 aromatic heterocycles. The zero-order chi connectivity index (χ0) is 20.8. The second-order valence-corrected chi connectivity index (χ2v) is 8.67. The third-order valence-electron chi connectivity index (χ3n) is 5.75. The lowest BCUT2D eigenvalue weighted by Crippen LogP contribution is -2.43. The van der Waals surface area contributed by atoms with Gasteiger partial charge in [-0.15, -0.1) is 14.5 Å². The number of carbonyl (C=O) groups is 1. The molecule has 2 amide bonds. The molecule has 3 fully saturated rings. The second-order valence-electron chi connectivity index (χ2n) is 7.66. The van der Waals surface area contributed by atoms with E-state index in [1.807, 2.05) is 7.05 Å². The van der Waals surface area contributed by atoms with Crippen LogP contribution in [0.4, 0.5) is 4.79 Å². The number of hydrogen-bond acceptors (Lipinski definition) is 10. The molecule has 2 bridgehead atoms. The fraction of sp³-hybridized carbons (Fsp3) is 0.800. The fourth-order valence-electron chi connectivity index (χ4n) is 4.09. The number of amides is 2. The highest BCUT2D eigenvalue weighted by Gasteiger charge is 2.64. The van der Waals surface area contributed by atoms with Crippen LogP contribution in [0.15, 0.2) is 4.42 Å². The van der Waals surface area contributed by atoms with Crippen LogP contribution in [0.2, 0.25) is 0 Å². The van der Waals surface area contributed by atoms with Gasteiger partial charge in [-0.3, -0.25) is 4.55 Å². The van der Waals surface area contributed by atoms with Crippen molar-refractivity contribution in [2.24, 2.45) is 5.41 Å². The zero-order valence-corrected chi connectivity index (χ0v) is 16.6. The number of piperidine rings is 1. The van der Waals surface area contributed by atoms with E-state index in [9.17, 15) is 18.3 Å². The predicted molar refractivity (Wildman–Crippen MR) is 95.4 cm³/mol. The van der Waals surface area contributed by atoms with Crippen LogP contribution in [-0.4, -0.2) is 83.5 Å².